The molecule has 0 amide bonds. The largest absolute Gasteiger partial charge is 0.439 e. The van der Waals surface area contributed by atoms with E-state index in [9.17, 15) is 0 Å². The van der Waals surface area contributed by atoms with Gasteiger partial charge in [-0.1, -0.05) is 0 Å². The predicted molar refractivity (Wildman–Crippen MR) is 75.4 cm³/mol. The summed E-state index contributed by atoms with van der Waals surface area (Å²) in [6.07, 6.45) is 0. The van der Waals surface area contributed by atoms with Crippen LogP contribution in [0.1, 0.15) is 0 Å². The molecule has 0 spiro atoms. The van der Waals surface area contributed by atoms with Crippen LogP contribution < -0.4 is 0 Å². The van der Waals surface area contributed by atoms with Crippen LogP contribution >= 0.6 is 0 Å². The average molecular weight is 470 g/mol. The molecule has 0 radical (unpaired) electrons. The molecule has 8 heteroatoms. The van der Waals surface area contributed by atoms with Gasteiger partial charge in [-0.3, -0.25) is 0 Å². The molecular formula is C8H18O3PtSi4. The van der Waals surface area contributed by atoms with Gasteiger partial charge in [0.05, 0.1) is 0 Å². The van der Waals surface area contributed by atoms with E-state index in [2.05, 4.69) is 26.3 Å². The Morgan fingerprint density at radius 3 is 1.12 bits per heavy atom. The molecule has 0 bridgehead atoms. The normalized spacial score (nSPS) is 11.5. The molecule has 0 aliphatic heterocycles. The van der Waals surface area contributed by atoms with E-state index >= 15 is 0 Å². The monoisotopic (exact) mass is 469 g/mol. The molecule has 0 saturated carbocycles. The quantitative estimate of drug-likeness (QED) is 0.444. The van der Waals surface area contributed by atoms with Crippen molar-refractivity contribution in [3.8, 4) is 0 Å². The van der Waals surface area contributed by atoms with Crippen molar-refractivity contribution in [2.75, 3.05) is 0 Å². The molecule has 0 aliphatic carbocycles. The van der Waals surface area contributed by atoms with Gasteiger partial charge < -0.3 is 12.3 Å². The molecule has 0 rings (SSSR count). The second kappa shape index (κ2) is 8.48. The Bertz CT molecular complexity index is 230. The molecule has 16 heavy (non-hydrogen) atoms. The summed E-state index contributed by atoms with van der Waals surface area (Å²) in [5, 5.41) is 0. The topological polar surface area (TPSA) is 27.7 Å². The van der Waals surface area contributed by atoms with Gasteiger partial charge >= 0.3 is 17.1 Å². The Labute approximate surface area is 120 Å². The van der Waals surface area contributed by atoms with Crippen LogP contribution in [0.15, 0.2) is 49.1 Å². The van der Waals surface area contributed by atoms with Crippen molar-refractivity contribution >= 4 is 38.1 Å². The minimum atomic E-state index is -2.51. The van der Waals surface area contributed by atoms with Crippen molar-refractivity contribution in [3.05, 3.63) is 49.1 Å². The summed E-state index contributed by atoms with van der Waals surface area (Å²) in [6.45, 7) is 14.9. The fourth-order valence-electron chi connectivity index (χ4n) is 0.999. The van der Waals surface area contributed by atoms with Crippen molar-refractivity contribution in [3.63, 3.8) is 0 Å². The van der Waals surface area contributed by atoms with Crippen LogP contribution in [0, 0.1) is 0 Å². The zero-order valence-corrected chi connectivity index (χ0v) is 18.0. The van der Waals surface area contributed by atoms with Crippen molar-refractivity contribution in [1.82, 2.24) is 0 Å². The van der Waals surface area contributed by atoms with Gasteiger partial charge in [0.15, 0.2) is 0 Å². The fraction of sp³-hybridized carbons (Fsp3) is 0. The molecule has 0 saturated heterocycles. The van der Waals surface area contributed by atoms with E-state index in [0.29, 0.717) is 21.0 Å². The van der Waals surface area contributed by atoms with Gasteiger partial charge in [0.1, 0.15) is 21.0 Å². The molecule has 0 aliphatic rings. The molecule has 0 fully saturated rings. The maximum absolute atomic E-state index is 5.95. The Balaban J connectivity index is 0. The Hall–Kier alpha value is 0.396. The summed E-state index contributed by atoms with van der Waals surface area (Å²) < 4.78 is 16.9. The van der Waals surface area contributed by atoms with E-state index in [-0.39, 0.29) is 21.1 Å². The van der Waals surface area contributed by atoms with Crippen LogP contribution in [0.3, 0.4) is 0 Å². The van der Waals surface area contributed by atoms with Crippen LogP contribution in [-0.2, 0) is 33.4 Å². The van der Waals surface area contributed by atoms with E-state index in [1.807, 2.05) is 0 Å². The Kier molecular flexibility index (Phi) is 9.94. The molecule has 3 nitrogen and oxygen atoms in total. The van der Waals surface area contributed by atoms with E-state index < -0.39 is 17.1 Å². The summed E-state index contributed by atoms with van der Waals surface area (Å²) >= 11 is 0. The first-order chi connectivity index (χ1) is 7.07. The standard InChI is InChI=1S/C8H18O3Si4.Pt/c1-5-14(6-2,9-12)11-15(7-3,8-4)10-13;/h5-8H,1-4H2,12-13H3;. The van der Waals surface area contributed by atoms with Crippen molar-refractivity contribution in [1.29, 1.82) is 0 Å². The van der Waals surface area contributed by atoms with Gasteiger partial charge in [-0.2, -0.15) is 0 Å². The molecule has 0 aromatic heterocycles. The maximum atomic E-state index is 5.95. The fourth-order valence-corrected chi connectivity index (χ4v) is 9.49. The third kappa shape index (κ3) is 4.34. The smallest absolute Gasteiger partial charge is 0.371 e. The van der Waals surface area contributed by atoms with Crippen LogP contribution in [-0.4, -0.2) is 38.1 Å². The second-order valence-corrected chi connectivity index (χ2v) is 11.4. The summed E-state index contributed by atoms with van der Waals surface area (Å²) in [5.41, 5.74) is 6.79. The number of hydrogen-bond acceptors (Lipinski definition) is 3. The van der Waals surface area contributed by atoms with Gasteiger partial charge in [0, 0.05) is 21.1 Å². The third-order valence-corrected chi connectivity index (χ3v) is 12.0. The first kappa shape index (κ1) is 18.8. The first-order valence-electron chi connectivity index (χ1n) is 4.42. The van der Waals surface area contributed by atoms with Gasteiger partial charge in [-0.25, -0.2) is 0 Å². The van der Waals surface area contributed by atoms with Crippen LogP contribution in [0.4, 0.5) is 0 Å². The van der Waals surface area contributed by atoms with Gasteiger partial charge in [0.25, 0.3) is 0 Å². The number of rotatable bonds is 8. The minimum absolute atomic E-state index is 0. The molecule has 0 aromatic carbocycles. The summed E-state index contributed by atoms with van der Waals surface area (Å²) in [5.74, 6) is 0. The van der Waals surface area contributed by atoms with Crippen LogP contribution in [0.25, 0.3) is 0 Å². The van der Waals surface area contributed by atoms with E-state index in [4.69, 9.17) is 12.3 Å². The number of hydrogen-bond donors (Lipinski definition) is 0. The van der Waals surface area contributed by atoms with Crippen molar-refractivity contribution < 1.29 is 33.4 Å². The minimum Gasteiger partial charge on any atom is -0.439 e. The Morgan fingerprint density at radius 1 is 0.750 bits per heavy atom. The summed E-state index contributed by atoms with van der Waals surface area (Å²) in [6, 6.07) is 0. The first-order valence-corrected chi connectivity index (χ1v) is 10.00. The van der Waals surface area contributed by atoms with E-state index in [1.165, 1.54) is 0 Å². The van der Waals surface area contributed by atoms with Gasteiger partial charge in [-0.15, -0.1) is 26.3 Å². The zero-order valence-electron chi connectivity index (χ0n) is 9.68. The molecule has 0 heterocycles. The summed E-state index contributed by atoms with van der Waals surface area (Å²) in [4.78, 5) is 0. The van der Waals surface area contributed by atoms with Gasteiger partial charge in [-0.05, 0) is 22.8 Å². The molecule has 0 unspecified atom stereocenters. The SMILES string of the molecule is C=C[Si](C=C)(O[SiH3])O[Si](C=C)(C=C)O[SiH3].[Pt]. The summed E-state index contributed by atoms with van der Waals surface area (Å²) in [7, 11) is -3.88. The molecule has 0 N–H and O–H groups in total. The Morgan fingerprint density at radius 2 is 1.00 bits per heavy atom. The maximum Gasteiger partial charge on any atom is 0.371 e. The third-order valence-electron chi connectivity index (χ3n) is 2.10. The van der Waals surface area contributed by atoms with E-state index in [1.54, 1.807) is 22.8 Å². The molecule has 0 aromatic rings. The van der Waals surface area contributed by atoms with Crippen molar-refractivity contribution in [2.45, 2.75) is 0 Å². The average Bonchev–Trinajstić information content (AvgIpc) is 2.33. The van der Waals surface area contributed by atoms with Gasteiger partial charge in [0.2, 0.25) is 0 Å². The molecule has 0 atom stereocenters. The van der Waals surface area contributed by atoms with Crippen LogP contribution in [0.2, 0.25) is 0 Å². The zero-order chi connectivity index (χ0) is 11.9. The second-order valence-electron chi connectivity index (χ2n) is 2.77. The predicted octanol–water partition coefficient (Wildman–Crippen LogP) is -0.620. The molecular weight excluding hydrogens is 452 g/mol. The van der Waals surface area contributed by atoms with Crippen molar-refractivity contribution in [2.24, 2.45) is 0 Å². The molecule has 94 valence electrons. The van der Waals surface area contributed by atoms with E-state index in [0.717, 1.165) is 0 Å². The van der Waals surface area contributed by atoms with Crippen LogP contribution in [0.5, 0.6) is 0 Å².